The first-order valence-electron chi connectivity index (χ1n) is 7.37. The van der Waals surface area contributed by atoms with E-state index in [2.05, 4.69) is 15.3 Å². The van der Waals surface area contributed by atoms with E-state index < -0.39 is 0 Å². The Kier molecular flexibility index (Phi) is 3.63. The molecule has 7 heteroatoms. The smallest absolute Gasteiger partial charge is 0.263 e. The van der Waals surface area contributed by atoms with Gasteiger partial charge in [-0.15, -0.1) is 0 Å². The third kappa shape index (κ3) is 2.54. The summed E-state index contributed by atoms with van der Waals surface area (Å²) in [5, 5.41) is 8.79. The van der Waals surface area contributed by atoms with Crippen LogP contribution in [0.5, 0.6) is 0 Å². The van der Waals surface area contributed by atoms with Crippen LogP contribution in [-0.2, 0) is 4.74 Å². The highest BCUT2D eigenvalue weighted by atomic mass is 35.5. The molecular formula is C16H14ClN3O3. The summed E-state index contributed by atoms with van der Waals surface area (Å²) in [6, 6.07) is 7.44. The summed E-state index contributed by atoms with van der Waals surface area (Å²) in [7, 11) is 0. The highest BCUT2D eigenvalue weighted by Crippen LogP contribution is 2.37. The number of aryl methyl sites for hydroxylation is 1. The molecule has 2 aromatic heterocycles. The van der Waals surface area contributed by atoms with E-state index in [1.807, 2.05) is 25.1 Å². The van der Waals surface area contributed by atoms with Crippen LogP contribution in [0.3, 0.4) is 0 Å². The van der Waals surface area contributed by atoms with Gasteiger partial charge in [0.05, 0.1) is 11.6 Å². The van der Waals surface area contributed by atoms with Crippen LogP contribution in [0.25, 0.3) is 22.7 Å². The zero-order valence-electron chi connectivity index (χ0n) is 12.5. The number of aromatic nitrogens is 3. The van der Waals surface area contributed by atoms with E-state index in [4.69, 9.17) is 25.4 Å². The molecule has 1 atom stereocenters. The van der Waals surface area contributed by atoms with Crippen molar-refractivity contribution in [2.45, 2.75) is 19.3 Å². The van der Waals surface area contributed by atoms with Crippen molar-refractivity contribution in [1.82, 2.24) is 15.3 Å². The Hall–Kier alpha value is -2.18. The third-order valence-electron chi connectivity index (χ3n) is 3.94. The molecule has 3 aromatic rings. The maximum Gasteiger partial charge on any atom is 0.263 e. The molecule has 4 rings (SSSR count). The van der Waals surface area contributed by atoms with Crippen molar-refractivity contribution in [2.75, 3.05) is 13.2 Å². The predicted molar refractivity (Wildman–Crippen MR) is 83.2 cm³/mol. The number of hydrogen-bond donors (Lipinski definition) is 0. The van der Waals surface area contributed by atoms with Crippen molar-refractivity contribution in [3.63, 3.8) is 0 Å². The standard InChI is InChI=1S/C16H14ClN3O3/c1-9-13(14(19-22-9)11-4-2-3-5-12(11)17)16-18-15(20-23-16)10-6-7-21-8-10/h2-5,10H,6-8H2,1H3/t10-/m1/s1. The second-order valence-electron chi connectivity index (χ2n) is 5.46. The van der Waals surface area contributed by atoms with E-state index in [0.717, 1.165) is 18.6 Å². The lowest BCUT2D eigenvalue weighted by atomic mass is 10.1. The van der Waals surface area contributed by atoms with Gasteiger partial charge in [0, 0.05) is 18.1 Å². The van der Waals surface area contributed by atoms with Crippen molar-refractivity contribution in [1.29, 1.82) is 0 Å². The van der Waals surface area contributed by atoms with Gasteiger partial charge in [0.25, 0.3) is 5.89 Å². The Morgan fingerprint density at radius 2 is 2.04 bits per heavy atom. The van der Waals surface area contributed by atoms with Crippen molar-refractivity contribution >= 4 is 11.6 Å². The molecule has 1 aliphatic rings. The molecule has 0 bridgehead atoms. The van der Waals surface area contributed by atoms with E-state index in [-0.39, 0.29) is 5.92 Å². The van der Waals surface area contributed by atoms with Crippen LogP contribution in [0.15, 0.2) is 33.3 Å². The van der Waals surface area contributed by atoms with E-state index in [1.54, 1.807) is 6.07 Å². The van der Waals surface area contributed by atoms with Gasteiger partial charge in [-0.25, -0.2) is 0 Å². The summed E-state index contributed by atoms with van der Waals surface area (Å²) in [6.45, 7) is 3.16. The minimum atomic E-state index is 0.177. The third-order valence-corrected chi connectivity index (χ3v) is 4.27. The van der Waals surface area contributed by atoms with E-state index in [9.17, 15) is 0 Å². The lowest BCUT2D eigenvalue weighted by Gasteiger charge is -2.01. The van der Waals surface area contributed by atoms with Crippen LogP contribution < -0.4 is 0 Å². The predicted octanol–water partition coefficient (Wildman–Crippen LogP) is 3.86. The first kappa shape index (κ1) is 14.4. The number of ether oxygens (including phenoxy) is 1. The zero-order valence-corrected chi connectivity index (χ0v) is 13.2. The van der Waals surface area contributed by atoms with Gasteiger partial charge in [-0.1, -0.05) is 40.1 Å². The maximum absolute atomic E-state index is 6.27. The normalized spacial score (nSPS) is 17.7. The minimum absolute atomic E-state index is 0.177. The molecule has 1 fully saturated rings. The Labute approximate surface area is 137 Å². The lowest BCUT2D eigenvalue weighted by Crippen LogP contribution is -1.99. The van der Waals surface area contributed by atoms with Gasteiger partial charge in [0.1, 0.15) is 17.0 Å². The maximum atomic E-state index is 6.27. The zero-order chi connectivity index (χ0) is 15.8. The highest BCUT2D eigenvalue weighted by molar-refractivity contribution is 6.33. The summed E-state index contributed by atoms with van der Waals surface area (Å²) >= 11 is 6.27. The van der Waals surface area contributed by atoms with E-state index in [0.29, 0.717) is 40.4 Å². The summed E-state index contributed by atoms with van der Waals surface area (Å²) in [6.07, 6.45) is 0.902. The van der Waals surface area contributed by atoms with Gasteiger partial charge < -0.3 is 13.8 Å². The van der Waals surface area contributed by atoms with E-state index >= 15 is 0 Å². The number of rotatable bonds is 3. The van der Waals surface area contributed by atoms with Gasteiger partial charge in [-0.3, -0.25) is 0 Å². The fourth-order valence-corrected chi connectivity index (χ4v) is 2.93. The monoisotopic (exact) mass is 331 g/mol. The second-order valence-corrected chi connectivity index (χ2v) is 5.87. The van der Waals surface area contributed by atoms with E-state index in [1.165, 1.54) is 0 Å². The second kappa shape index (κ2) is 5.79. The average molecular weight is 332 g/mol. The fourth-order valence-electron chi connectivity index (χ4n) is 2.70. The summed E-state index contributed by atoms with van der Waals surface area (Å²) in [4.78, 5) is 4.51. The van der Waals surface area contributed by atoms with Crippen molar-refractivity contribution in [3.05, 3.63) is 40.9 Å². The number of nitrogens with zero attached hydrogens (tertiary/aromatic N) is 3. The molecule has 0 radical (unpaired) electrons. The van der Waals surface area contributed by atoms with Gasteiger partial charge in [-0.05, 0) is 19.4 Å². The molecule has 1 aromatic carbocycles. The number of benzene rings is 1. The van der Waals surface area contributed by atoms with Crippen LogP contribution in [0, 0.1) is 6.92 Å². The minimum Gasteiger partial charge on any atom is -0.381 e. The summed E-state index contributed by atoms with van der Waals surface area (Å²) in [5.41, 5.74) is 2.05. The highest BCUT2D eigenvalue weighted by Gasteiger charge is 2.27. The lowest BCUT2D eigenvalue weighted by molar-refractivity contribution is 0.192. The molecule has 1 aliphatic heterocycles. The van der Waals surface area contributed by atoms with Gasteiger partial charge in [0.2, 0.25) is 0 Å². The van der Waals surface area contributed by atoms with Crippen LogP contribution in [0.4, 0.5) is 0 Å². The topological polar surface area (TPSA) is 74.2 Å². The molecule has 0 spiro atoms. The van der Waals surface area contributed by atoms with Crippen LogP contribution in [-0.4, -0.2) is 28.5 Å². The van der Waals surface area contributed by atoms with Gasteiger partial charge in [0.15, 0.2) is 5.82 Å². The molecule has 0 amide bonds. The Morgan fingerprint density at radius 3 is 2.83 bits per heavy atom. The first-order chi connectivity index (χ1) is 11.2. The van der Waals surface area contributed by atoms with Gasteiger partial charge >= 0.3 is 0 Å². The molecule has 0 saturated carbocycles. The molecule has 0 unspecified atom stereocenters. The average Bonchev–Trinajstić information content (AvgIpc) is 3.27. The molecule has 1 saturated heterocycles. The molecular weight excluding hydrogens is 318 g/mol. The van der Waals surface area contributed by atoms with Crippen molar-refractivity contribution in [3.8, 4) is 22.7 Å². The summed E-state index contributed by atoms with van der Waals surface area (Å²) < 4.78 is 16.2. The molecule has 6 nitrogen and oxygen atoms in total. The molecule has 23 heavy (non-hydrogen) atoms. The summed E-state index contributed by atoms with van der Waals surface area (Å²) in [5.74, 6) is 1.83. The molecule has 3 heterocycles. The Bertz CT molecular complexity index is 837. The SMILES string of the molecule is Cc1onc(-c2ccccc2Cl)c1-c1nc([C@@H]2CCOC2)no1. The Morgan fingerprint density at radius 1 is 1.17 bits per heavy atom. The molecule has 0 aliphatic carbocycles. The first-order valence-corrected chi connectivity index (χ1v) is 7.74. The fraction of sp³-hybridized carbons (Fsp3) is 0.312. The van der Waals surface area contributed by atoms with Crippen molar-refractivity contribution < 1.29 is 13.8 Å². The molecule has 118 valence electrons. The van der Waals surface area contributed by atoms with Crippen LogP contribution in [0.1, 0.15) is 23.9 Å². The largest absolute Gasteiger partial charge is 0.381 e. The van der Waals surface area contributed by atoms with Crippen molar-refractivity contribution in [2.24, 2.45) is 0 Å². The van der Waals surface area contributed by atoms with Gasteiger partial charge in [-0.2, -0.15) is 4.98 Å². The van der Waals surface area contributed by atoms with Crippen LogP contribution in [0.2, 0.25) is 5.02 Å². The quantitative estimate of drug-likeness (QED) is 0.725. The Balaban J connectivity index is 1.78. The molecule has 0 N–H and O–H groups in total. The van der Waals surface area contributed by atoms with Crippen LogP contribution >= 0.6 is 11.6 Å². The number of halogens is 1. The number of hydrogen-bond acceptors (Lipinski definition) is 6.